The Morgan fingerprint density at radius 2 is 2.31 bits per heavy atom. The van der Waals surface area contributed by atoms with E-state index in [1.165, 1.54) is 6.26 Å². The van der Waals surface area contributed by atoms with Gasteiger partial charge in [0.25, 0.3) is 0 Å². The molecule has 0 aliphatic heterocycles. The third-order valence-electron chi connectivity index (χ3n) is 1.78. The monoisotopic (exact) mass is 263 g/mol. The minimum atomic E-state index is -0.531. The number of hydrogen-bond acceptors (Lipinski definition) is 2. The van der Waals surface area contributed by atoms with Crippen molar-refractivity contribution in [1.29, 1.82) is 0 Å². The summed E-state index contributed by atoms with van der Waals surface area (Å²) in [6.45, 7) is 1.60. The number of fused-ring (bicyclic) bond motifs is 1. The summed E-state index contributed by atoms with van der Waals surface area (Å²) in [5, 5.41) is -0.132. The summed E-state index contributed by atoms with van der Waals surface area (Å²) in [4.78, 5) is 3.85. The first-order valence-corrected chi connectivity index (χ1v) is 4.66. The van der Waals surface area contributed by atoms with Crippen molar-refractivity contribution in [3.05, 3.63) is 27.3 Å². The van der Waals surface area contributed by atoms with Gasteiger partial charge in [0.15, 0.2) is 16.6 Å². The predicted octanol–water partition coefficient (Wildman–Crippen LogP) is 3.69. The summed E-state index contributed by atoms with van der Waals surface area (Å²) in [5.74, 6) is -0.531. The van der Waals surface area contributed by atoms with Gasteiger partial charge in [-0.15, -0.1) is 0 Å². The highest BCUT2D eigenvalue weighted by atomic mass is 79.9. The lowest BCUT2D eigenvalue weighted by Gasteiger charge is -1.98. The number of aryl methyl sites for hydroxylation is 1. The van der Waals surface area contributed by atoms with Gasteiger partial charge in [0.05, 0.1) is 4.47 Å². The maximum absolute atomic E-state index is 13.2. The van der Waals surface area contributed by atoms with E-state index < -0.39 is 5.82 Å². The number of halogens is 3. The predicted molar refractivity (Wildman–Crippen MR) is 51.4 cm³/mol. The minimum absolute atomic E-state index is 0.132. The van der Waals surface area contributed by atoms with Crippen LogP contribution < -0.4 is 0 Å². The molecule has 2 nitrogen and oxygen atoms in total. The molecule has 0 atom stereocenters. The molecular formula is C8H4BrClFNO. The first-order chi connectivity index (χ1) is 6.11. The molecule has 2 aromatic heterocycles. The Morgan fingerprint density at radius 3 is 3.00 bits per heavy atom. The fourth-order valence-corrected chi connectivity index (χ4v) is 1.69. The van der Waals surface area contributed by atoms with Crippen molar-refractivity contribution in [1.82, 2.24) is 4.98 Å². The van der Waals surface area contributed by atoms with Gasteiger partial charge < -0.3 is 4.42 Å². The molecule has 2 heterocycles. The Kier molecular flexibility index (Phi) is 2.04. The molecule has 2 rings (SSSR count). The Hall–Kier alpha value is -0.610. The van der Waals surface area contributed by atoms with Crippen molar-refractivity contribution in [2.45, 2.75) is 6.92 Å². The summed E-state index contributed by atoms with van der Waals surface area (Å²) in [5.41, 5.74) is 1.35. The highest BCUT2D eigenvalue weighted by Crippen LogP contribution is 2.30. The first kappa shape index (κ1) is 8.97. The largest absolute Gasteiger partial charge is 0.461 e. The van der Waals surface area contributed by atoms with Crippen LogP contribution in [0.1, 0.15) is 5.56 Å². The van der Waals surface area contributed by atoms with E-state index in [0.717, 1.165) is 0 Å². The number of pyridine rings is 1. The molecule has 68 valence electrons. The lowest BCUT2D eigenvalue weighted by atomic mass is 10.2. The molecule has 13 heavy (non-hydrogen) atoms. The van der Waals surface area contributed by atoms with Gasteiger partial charge in [-0.25, -0.2) is 9.37 Å². The van der Waals surface area contributed by atoms with Gasteiger partial charge >= 0.3 is 0 Å². The van der Waals surface area contributed by atoms with Crippen LogP contribution in [0.4, 0.5) is 4.39 Å². The van der Waals surface area contributed by atoms with Gasteiger partial charge in [-0.3, -0.25) is 0 Å². The van der Waals surface area contributed by atoms with Crippen LogP contribution in [0.3, 0.4) is 0 Å². The molecule has 0 bridgehead atoms. The van der Waals surface area contributed by atoms with E-state index in [2.05, 4.69) is 20.9 Å². The van der Waals surface area contributed by atoms with Crippen LogP contribution in [0.2, 0.25) is 5.15 Å². The molecule has 2 aromatic rings. The highest BCUT2D eigenvalue weighted by Gasteiger charge is 2.14. The molecule has 0 aliphatic carbocycles. The van der Waals surface area contributed by atoms with Crippen LogP contribution in [0.5, 0.6) is 0 Å². The van der Waals surface area contributed by atoms with Crippen LogP contribution in [0.25, 0.3) is 11.1 Å². The highest BCUT2D eigenvalue weighted by molar-refractivity contribution is 9.10. The summed E-state index contributed by atoms with van der Waals surface area (Å²) in [7, 11) is 0. The zero-order chi connectivity index (χ0) is 9.59. The molecule has 0 aliphatic rings. The van der Waals surface area contributed by atoms with Gasteiger partial charge in [-0.1, -0.05) is 11.6 Å². The van der Waals surface area contributed by atoms with E-state index in [4.69, 9.17) is 16.0 Å². The second-order valence-electron chi connectivity index (χ2n) is 2.60. The van der Waals surface area contributed by atoms with Crippen LogP contribution >= 0.6 is 27.5 Å². The molecule has 0 saturated carbocycles. The third-order valence-corrected chi connectivity index (χ3v) is 2.60. The maximum atomic E-state index is 13.2. The summed E-state index contributed by atoms with van der Waals surface area (Å²) < 4.78 is 19.0. The smallest absolute Gasteiger partial charge is 0.167 e. The first-order valence-electron chi connectivity index (χ1n) is 3.49. The number of nitrogens with zero attached hydrogens (tertiary/aromatic N) is 1. The lowest BCUT2D eigenvalue weighted by Crippen LogP contribution is -1.88. The Labute approximate surface area is 86.8 Å². The zero-order valence-electron chi connectivity index (χ0n) is 6.57. The maximum Gasteiger partial charge on any atom is 0.167 e. The molecule has 0 fully saturated rings. The third kappa shape index (κ3) is 1.25. The standard InChI is InChI=1S/C8H4BrClFNO/c1-3-5(11)8(10)12-6-4(9)2-13-7(3)6/h2H,1H3. The van der Waals surface area contributed by atoms with Crippen LogP contribution in [-0.2, 0) is 0 Å². The quantitative estimate of drug-likeness (QED) is 0.678. The van der Waals surface area contributed by atoms with Gasteiger partial charge in [0.2, 0.25) is 0 Å². The van der Waals surface area contributed by atoms with Crippen molar-refractivity contribution in [2.24, 2.45) is 0 Å². The number of furan rings is 1. The SMILES string of the molecule is Cc1c(F)c(Cl)nc2c(Br)coc12. The van der Waals surface area contributed by atoms with Crippen molar-refractivity contribution in [2.75, 3.05) is 0 Å². The Balaban J connectivity index is 2.96. The van der Waals surface area contributed by atoms with E-state index >= 15 is 0 Å². The Morgan fingerprint density at radius 1 is 1.62 bits per heavy atom. The molecular weight excluding hydrogens is 260 g/mol. The molecule has 0 radical (unpaired) electrons. The average Bonchev–Trinajstić information content (AvgIpc) is 2.45. The second kappa shape index (κ2) is 2.96. The van der Waals surface area contributed by atoms with Gasteiger partial charge in [0.1, 0.15) is 11.8 Å². The lowest BCUT2D eigenvalue weighted by molar-refractivity contribution is 0.586. The normalized spacial score (nSPS) is 11.1. The van der Waals surface area contributed by atoms with E-state index in [9.17, 15) is 4.39 Å². The molecule has 0 unspecified atom stereocenters. The second-order valence-corrected chi connectivity index (χ2v) is 3.82. The topological polar surface area (TPSA) is 26.0 Å². The molecule has 0 N–H and O–H groups in total. The van der Waals surface area contributed by atoms with Gasteiger partial charge in [-0.2, -0.15) is 0 Å². The molecule has 0 spiro atoms. The fraction of sp³-hybridized carbons (Fsp3) is 0.125. The van der Waals surface area contributed by atoms with Crippen molar-refractivity contribution >= 4 is 38.6 Å². The summed E-state index contributed by atoms with van der Waals surface area (Å²) in [6.07, 6.45) is 1.46. The van der Waals surface area contributed by atoms with E-state index in [0.29, 0.717) is 21.1 Å². The molecule has 5 heteroatoms. The minimum Gasteiger partial charge on any atom is -0.461 e. The number of rotatable bonds is 0. The van der Waals surface area contributed by atoms with E-state index in [1.807, 2.05) is 0 Å². The summed E-state index contributed by atoms with van der Waals surface area (Å²) >= 11 is 8.80. The Bertz CT molecular complexity index is 482. The van der Waals surface area contributed by atoms with E-state index in [-0.39, 0.29) is 5.15 Å². The van der Waals surface area contributed by atoms with Crippen LogP contribution in [0, 0.1) is 12.7 Å². The summed E-state index contributed by atoms with van der Waals surface area (Å²) in [6, 6.07) is 0. The van der Waals surface area contributed by atoms with E-state index in [1.54, 1.807) is 6.92 Å². The van der Waals surface area contributed by atoms with Crippen molar-refractivity contribution in [3.63, 3.8) is 0 Å². The number of hydrogen-bond donors (Lipinski definition) is 0. The van der Waals surface area contributed by atoms with Crippen LogP contribution in [-0.4, -0.2) is 4.98 Å². The molecule has 0 saturated heterocycles. The van der Waals surface area contributed by atoms with Gasteiger partial charge in [0, 0.05) is 5.56 Å². The van der Waals surface area contributed by atoms with Crippen molar-refractivity contribution in [3.8, 4) is 0 Å². The average molecular weight is 264 g/mol. The molecule has 0 aromatic carbocycles. The van der Waals surface area contributed by atoms with Crippen LogP contribution in [0.15, 0.2) is 15.2 Å². The zero-order valence-corrected chi connectivity index (χ0v) is 8.91. The number of aromatic nitrogens is 1. The van der Waals surface area contributed by atoms with Gasteiger partial charge in [-0.05, 0) is 22.9 Å². The molecule has 0 amide bonds. The van der Waals surface area contributed by atoms with Crippen molar-refractivity contribution < 1.29 is 8.81 Å². The fourth-order valence-electron chi connectivity index (χ4n) is 1.10.